The number of rotatable bonds is 7. The first-order valence-corrected chi connectivity index (χ1v) is 8.37. The molecule has 1 aromatic heterocycles. The number of piperidine rings is 1. The first-order chi connectivity index (χ1) is 9.58. The van der Waals surface area contributed by atoms with Crippen LogP contribution in [0.5, 0.6) is 0 Å². The normalized spacial score (nSPS) is 17.4. The summed E-state index contributed by atoms with van der Waals surface area (Å²) in [5, 5.41) is 7.13. The smallest absolute Gasteiger partial charge is 0.243 e. The summed E-state index contributed by atoms with van der Waals surface area (Å²) in [7, 11) is -1.76. The molecule has 114 valence electrons. The van der Waals surface area contributed by atoms with E-state index in [4.69, 9.17) is 4.74 Å². The number of hydrogen-bond acceptors (Lipinski definition) is 5. The van der Waals surface area contributed by atoms with Gasteiger partial charge in [0, 0.05) is 26.4 Å². The predicted octanol–water partition coefficient (Wildman–Crippen LogP) is -0.143. The molecular formula is C12H22N4O3S. The second kappa shape index (κ2) is 7.16. The molecule has 0 atom stereocenters. The van der Waals surface area contributed by atoms with E-state index in [2.05, 4.69) is 15.1 Å². The van der Waals surface area contributed by atoms with E-state index >= 15 is 0 Å². The summed E-state index contributed by atoms with van der Waals surface area (Å²) < 4.78 is 33.5. The van der Waals surface area contributed by atoms with E-state index < -0.39 is 10.0 Å². The van der Waals surface area contributed by atoms with Crippen molar-refractivity contribution in [2.45, 2.75) is 30.3 Å². The second-order valence-electron chi connectivity index (χ2n) is 4.92. The molecule has 20 heavy (non-hydrogen) atoms. The third-order valence-electron chi connectivity index (χ3n) is 3.24. The van der Waals surface area contributed by atoms with E-state index in [0.717, 1.165) is 25.9 Å². The molecule has 0 aromatic carbocycles. The Morgan fingerprint density at radius 3 is 2.90 bits per heavy atom. The standard InChI is InChI=1S/C12H22N4O3S/c1-16-10-12(9-14-16)20(17,18)15-5-2-8-19-11-3-6-13-7-4-11/h9-11,13,15H,2-8H2,1H3. The minimum atomic E-state index is -3.44. The van der Waals surface area contributed by atoms with Crippen molar-refractivity contribution in [3.05, 3.63) is 12.4 Å². The van der Waals surface area contributed by atoms with Gasteiger partial charge in [-0.25, -0.2) is 13.1 Å². The van der Waals surface area contributed by atoms with Gasteiger partial charge in [-0.15, -0.1) is 0 Å². The topological polar surface area (TPSA) is 85.2 Å². The van der Waals surface area contributed by atoms with Crippen molar-refractivity contribution in [1.29, 1.82) is 0 Å². The number of sulfonamides is 1. The van der Waals surface area contributed by atoms with Gasteiger partial charge in [0.2, 0.25) is 10.0 Å². The summed E-state index contributed by atoms with van der Waals surface area (Å²) in [6.07, 6.45) is 5.86. The Morgan fingerprint density at radius 2 is 2.25 bits per heavy atom. The molecule has 1 aliphatic rings. The maximum Gasteiger partial charge on any atom is 0.243 e. The number of nitrogens with zero attached hydrogens (tertiary/aromatic N) is 2. The summed E-state index contributed by atoms with van der Waals surface area (Å²) in [6, 6.07) is 0. The van der Waals surface area contributed by atoms with Gasteiger partial charge in [0.15, 0.2) is 0 Å². The number of ether oxygens (including phenoxy) is 1. The van der Waals surface area contributed by atoms with Crippen molar-refractivity contribution in [3.8, 4) is 0 Å². The molecule has 8 heteroatoms. The monoisotopic (exact) mass is 302 g/mol. The Bertz CT molecular complexity index is 509. The van der Waals surface area contributed by atoms with Crippen LogP contribution < -0.4 is 10.0 Å². The fraction of sp³-hybridized carbons (Fsp3) is 0.750. The largest absolute Gasteiger partial charge is 0.378 e. The maximum absolute atomic E-state index is 11.9. The third-order valence-corrected chi connectivity index (χ3v) is 4.66. The highest BCUT2D eigenvalue weighted by Gasteiger charge is 2.16. The van der Waals surface area contributed by atoms with Crippen LogP contribution in [0.25, 0.3) is 0 Å². The molecule has 2 heterocycles. The fourth-order valence-corrected chi connectivity index (χ4v) is 3.17. The lowest BCUT2D eigenvalue weighted by molar-refractivity contribution is 0.0322. The SMILES string of the molecule is Cn1cc(S(=O)(=O)NCCCOC2CCNCC2)cn1. The molecule has 0 spiro atoms. The number of hydrogen-bond donors (Lipinski definition) is 2. The molecule has 2 rings (SSSR count). The van der Waals surface area contributed by atoms with Gasteiger partial charge in [0.25, 0.3) is 0 Å². The van der Waals surface area contributed by atoms with Gasteiger partial charge in [-0.1, -0.05) is 0 Å². The van der Waals surface area contributed by atoms with Crippen LogP contribution in [-0.4, -0.2) is 50.5 Å². The molecule has 0 unspecified atom stereocenters. The number of aromatic nitrogens is 2. The molecule has 0 amide bonds. The van der Waals surface area contributed by atoms with Crippen LogP contribution in [0.15, 0.2) is 17.3 Å². The quantitative estimate of drug-likeness (QED) is 0.685. The van der Waals surface area contributed by atoms with E-state index in [1.807, 2.05) is 0 Å². The van der Waals surface area contributed by atoms with Crippen LogP contribution >= 0.6 is 0 Å². The summed E-state index contributed by atoms with van der Waals surface area (Å²) in [5.41, 5.74) is 0. The lowest BCUT2D eigenvalue weighted by Crippen LogP contribution is -2.33. The minimum Gasteiger partial charge on any atom is -0.378 e. The van der Waals surface area contributed by atoms with Crippen molar-refractivity contribution in [1.82, 2.24) is 19.8 Å². The predicted molar refractivity (Wildman–Crippen MR) is 74.9 cm³/mol. The van der Waals surface area contributed by atoms with Gasteiger partial charge in [0.1, 0.15) is 4.90 Å². The Kier molecular flexibility index (Phi) is 5.53. The minimum absolute atomic E-state index is 0.194. The molecule has 0 saturated carbocycles. The van der Waals surface area contributed by atoms with Crippen LogP contribution in [0, 0.1) is 0 Å². The molecule has 1 saturated heterocycles. The highest BCUT2D eigenvalue weighted by Crippen LogP contribution is 2.08. The maximum atomic E-state index is 11.9. The highest BCUT2D eigenvalue weighted by atomic mass is 32.2. The molecular weight excluding hydrogens is 280 g/mol. The summed E-state index contributed by atoms with van der Waals surface area (Å²) in [6.45, 7) is 2.96. The van der Waals surface area contributed by atoms with E-state index in [1.165, 1.54) is 17.1 Å². The Labute approximate surface area is 119 Å². The molecule has 0 aliphatic carbocycles. The lowest BCUT2D eigenvalue weighted by Gasteiger charge is -2.22. The van der Waals surface area contributed by atoms with Crippen LogP contribution in [0.3, 0.4) is 0 Å². The summed E-state index contributed by atoms with van der Waals surface area (Å²) >= 11 is 0. The van der Waals surface area contributed by atoms with Gasteiger partial charge in [-0.2, -0.15) is 5.10 Å². The molecule has 7 nitrogen and oxygen atoms in total. The van der Waals surface area contributed by atoms with Crippen LogP contribution in [0.1, 0.15) is 19.3 Å². The third kappa shape index (κ3) is 4.55. The zero-order valence-corrected chi connectivity index (χ0v) is 12.5. The summed E-state index contributed by atoms with van der Waals surface area (Å²) in [4.78, 5) is 0.194. The zero-order chi connectivity index (χ0) is 14.4. The van der Waals surface area contributed by atoms with E-state index in [9.17, 15) is 8.42 Å². The van der Waals surface area contributed by atoms with Crippen molar-refractivity contribution < 1.29 is 13.2 Å². The molecule has 1 aromatic rings. The molecule has 2 N–H and O–H groups in total. The lowest BCUT2D eigenvalue weighted by atomic mass is 10.1. The molecule has 0 bridgehead atoms. The van der Waals surface area contributed by atoms with Crippen LogP contribution in [0.2, 0.25) is 0 Å². The number of nitrogens with one attached hydrogen (secondary N) is 2. The number of aryl methyl sites for hydroxylation is 1. The van der Waals surface area contributed by atoms with Crippen molar-refractivity contribution in [2.75, 3.05) is 26.2 Å². The van der Waals surface area contributed by atoms with Crippen molar-refractivity contribution in [2.24, 2.45) is 7.05 Å². The van der Waals surface area contributed by atoms with E-state index in [-0.39, 0.29) is 4.90 Å². The van der Waals surface area contributed by atoms with Crippen molar-refractivity contribution >= 4 is 10.0 Å². The zero-order valence-electron chi connectivity index (χ0n) is 11.7. The van der Waals surface area contributed by atoms with Crippen LogP contribution in [0.4, 0.5) is 0 Å². The Morgan fingerprint density at radius 1 is 1.50 bits per heavy atom. The average Bonchev–Trinajstić information content (AvgIpc) is 2.87. The van der Waals surface area contributed by atoms with Crippen molar-refractivity contribution in [3.63, 3.8) is 0 Å². The van der Waals surface area contributed by atoms with Crippen LogP contribution in [-0.2, 0) is 21.8 Å². The fourth-order valence-electron chi connectivity index (χ4n) is 2.11. The molecule has 1 fully saturated rings. The second-order valence-corrected chi connectivity index (χ2v) is 6.69. The van der Waals surface area contributed by atoms with Gasteiger partial charge in [0.05, 0.1) is 12.3 Å². The summed E-state index contributed by atoms with van der Waals surface area (Å²) in [5.74, 6) is 0. The molecule has 1 aliphatic heterocycles. The Balaban J connectivity index is 1.65. The first kappa shape index (κ1) is 15.4. The van der Waals surface area contributed by atoms with Gasteiger partial charge in [-0.05, 0) is 32.4 Å². The average molecular weight is 302 g/mol. The van der Waals surface area contributed by atoms with Gasteiger partial charge < -0.3 is 10.1 Å². The van der Waals surface area contributed by atoms with E-state index in [1.54, 1.807) is 7.05 Å². The first-order valence-electron chi connectivity index (χ1n) is 6.88. The molecule has 0 radical (unpaired) electrons. The Hall–Kier alpha value is -0.960. The highest BCUT2D eigenvalue weighted by molar-refractivity contribution is 7.89. The van der Waals surface area contributed by atoms with Gasteiger partial charge in [-0.3, -0.25) is 4.68 Å². The van der Waals surface area contributed by atoms with Gasteiger partial charge >= 0.3 is 0 Å². The van der Waals surface area contributed by atoms with E-state index in [0.29, 0.717) is 25.7 Å².